The third-order valence-electron chi connectivity index (χ3n) is 15.4. The van der Waals surface area contributed by atoms with E-state index in [4.69, 9.17) is 4.42 Å². The summed E-state index contributed by atoms with van der Waals surface area (Å²) in [6.07, 6.45) is 0. The van der Waals surface area contributed by atoms with Gasteiger partial charge in [-0.2, -0.15) is 0 Å². The van der Waals surface area contributed by atoms with Crippen molar-refractivity contribution in [2.45, 2.75) is 5.41 Å². The minimum atomic E-state index is -0.490. The fraction of sp³-hybridized carbons (Fsp3) is 0.0137. The van der Waals surface area contributed by atoms with E-state index in [9.17, 15) is 0 Å². The third kappa shape index (κ3) is 7.49. The largest absolute Gasteiger partial charge is 0.456 e. The smallest absolute Gasteiger partial charge is 0.136 e. The van der Waals surface area contributed by atoms with Crippen molar-refractivity contribution < 1.29 is 4.42 Å². The van der Waals surface area contributed by atoms with Crippen LogP contribution in [-0.2, 0) is 5.41 Å². The second-order valence-electron chi connectivity index (χ2n) is 19.5. The standard InChI is InChI=1S/C73H49NO/c1-5-19-52(20-6-1)62-45-39-54(48-67(62)53-21-7-2-8-22-53)50-35-41-59(42-36-50)74(60-43-37-51(38-44-60)55-40-46-65-64-29-14-16-34-70(64)75-71(65)49-55)61-28-17-23-56(47-61)63-31-18-33-69-72(63)66-30-13-15-32-68(66)73(69,57-24-9-3-10-25-57)58-26-11-4-12-27-58/h1-49H. The summed E-state index contributed by atoms with van der Waals surface area (Å²) < 4.78 is 6.33. The number of fused-ring (bicyclic) bond motifs is 6. The van der Waals surface area contributed by atoms with E-state index >= 15 is 0 Å². The molecule has 0 saturated heterocycles. The second kappa shape index (κ2) is 18.4. The Hall–Kier alpha value is -9.76. The molecule has 0 fully saturated rings. The Kier molecular flexibility index (Phi) is 10.8. The maximum absolute atomic E-state index is 6.33. The van der Waals surface area contributed by atoms with Gasteiger partial charge in [-0.3, -0.25) is 0 Å². The highest BCUT2D eigenvalue weighted by Crippen LogP contribution is 2.58. The van der Waals surface area contributed by atoms with Gasteiger partial charge in [0.05, 0.1) is 5.41 Å². The quantitative estimate of drug-likeness (QED) is 0.136. The number of rotatable bonds is 10. The molecule has 1 aliphatic carbocycles. The minimum Gasteiger partial charge on any atom is -0.456 e. The molecule has 0 spiro atoms. The number of benzene rings is 12. The third-order valence-corrected chi connectivity index (χ3v) is 15.4. The molecular weight excluding hydrogens is 907 g/mol. The zero-order chi connectivity index (χ0) is 49.7. The van der Waals surface area contributed by atoms with E-state index in [0.29, 0.717) is 0 Å². The zero-order valence-corrected chi connectivity index (χ0v) is 41.1. The van der Waals surface area contributed by atoms with E-state index in [0.717, 1.165) is 61.3 Å². The lowest BCUT2D eigenvalue weighted by atomic mass is 9.67. The monoisotopic (exact) mass is 955 g/mol. The van der Waals surface area contributed by atoms with E-state index in [-0.39, 0.29) is 0 Å². The molecule has 0 unspecified atom stereocenters. The summed E-state index contributed by atoms with van der Waals surface area (Å²) in [6, 6.07) is 108. The maximum atomic E-state index is 6.33. The number of anilines is 3. The van der Waals surface area contributed by atoms with Crippen LogP contribution in [0.15, 0.2) is 302 Å². The first-order chi connectivity index (χ1) is 37.2. The number of hydrogen-bond acceptors (Lipinski definition) is 2. The molecule has 0 N–H and O–H groups in total. The van der Waals surface area contributed by atoms with Crippen LogP contribution in [0.4, 0.5) is 17.1 Å². The fourth-order valence-corrected chi connectivity index (χ4v) is 12.0. The van der Waals surface area contributed by atoms with Crippen LogP contribution in [0.3, 0.4) is 0 Å². The van der Waals surface area contributed by atoms with Crippen LogP contribution in [0.5, 0.6) is 0 Å². The predicted octanol–water partition coefficient (Wildman–Crippen LogP) is 19.8. The molecule has 0 aliphatic heterocycles. The molecule has 12 aromatic carbocycles. The van der Waals surface area contributed by atoms with Crippen LogP contribution < -0.4 is 4.90 Å². The van der Waals surface area contributed by atoms with Crippen molar-refractivity contribution in [3.63, 3.8) is 0 Å². The first-order valence-electron chi connectivity index (χ1n) is 25.8. The van der Waals surface area contributed by atoms with Crippen LogP contribution in [0, 0.1) is 0 Å². The summed E-state index contributed by atoms with van der Waals surface area (Å²) in [5.41, 5.74) is 23.9. The average Bonchev–Trinajstić information content (AvgIpc) is 4.03. The zero-order valence-electron chi connectivity index (χ0n) is 41.1. The Morgan fingerprint density at radius 3 is 1.43 bits per heavy atom. The SMILES string of the molecule is c1ccc(-c2ccc(-c3ccc(N(c4ccc(-c5ccc6c(c5)oc5ccccc56)cc4)c4cccc(-c5cccc6c5-c5ccccc5C6(c5ccccc5)c5ccccc5)c4)cc3)cc2-c2ccccc2)cc1. The Morgan fingerprint density at radius 2 is 0.747 bits per heavy atom. The van der Waals surface area contributed by atoms with Gasteiger partial charge in [0.15, 0.2) is 0 Å². The Morgan fingerprint density at radius 1 is 0.253 bits per heavy atom. The van der Waals surface area contributed by atoms with Gasteiger partial charge in [-0.15, -0.1) is 0 Å². The number of hydrogen-bond donors (Lipinski definition) is 0. The van der Waals surface area contributed by atoms with Gasteiger partial charge in [0.2, 0.25) is 0 Å². The van der Waals surface area contributed by atoms with Gasteiger partial charge >= 0.3 is 0 Å². The van der Waals surface area contributed by atoms with Crippen LogP contribution >= 0.6 is 0 Å². The maximum Gasteiger partial charge on any atom is 0.136 e. The lowest BCUT2D eigenvalue weighted by Crippen LogP contribution is -2.28. The molecule has 0 atom stereocenters. The van der Waals surface area contributed by atoms with Crippen molar-refractivity contribution in [2.24, 2.45) is 0 Å². The highest BCUT2D eigenvalue weighted by atomic mass is 16.3. The summed E-state index contributed by atoms with van der Waals surface area (Å²) in [6.45, 7) is 0. The molecule has 13 aromatic rings. The molecule has 352 valence electrons. The van der Waals surface area contributed by atoms with Crippen molar-refractivity contribution >= 4 is 39.0 Å². The summed E-state index contributed by atoms with van der Waals surface area (Å²) >= 11 is 0. The van der Waals surface area contributed by atoms with Gasteiger partial charge in [-0.1, -0.05) is 237 Å². The highest BCUT2D eigenvalue weighted by molar-refractivity contribution is 6.06. The first-order valence-corrected chi connectivity index (χ1v) is 25.8. The lowest BCUT2D eigenvalue weighted by molar-refractivity contribution is 0.669. The molecule has 0 saturated carbocycles. The van der Waals surface area contributed by atoms with Gasteiger partial charge in [0.25, 0.3) is 0 Å². The number of para-hydroxylation sites is 1. The lowest BCUT2D eigenvalue weighted by Gasteiger charge is -2.34. The molecule has 0 radical (unpaired) electrons. The molecule has 2 nitrogen and oxygen atoms in total. The van der Waals surface area contributed by atoms with E-state index in [1.54, 1.807) is 0 Å². The van der Waals surface area contributed by atoms with E-state index < -0.39 is 5.41 Å². The Labute approximate surface area is 437 Å². The highest BCUT2D eigenvalue weighted by Gasteiger charge is 2.46. The normalized spacial score (nSPS) is 12.4. The van der Waals surface area contributed by atoms with Gasteiger partial charge in [0.1, 0.15) is 11.2 Å². The predicted molar refractivity (Wildman–Crippen MR) is 313 cm³/mol. The van der Waals surface area contributed by atoms with Crippen molar-refractivity contribution in [3.05, 3.63) is 320 Å². The van der Waals surface area contributed by atoms with Gasteiger partial charge < -0.3 is 9.32 Å². The molecule has 0 bridgehead atoms. The average molecular weight is 956 g/mol. The summed E-state index contributed by atoms with van der Waals surface area (Å²) in [7, 11) is 0. The summed E-state index contributed by atoms with van der Waals surface area (Å²) in [4.78, 5) is 2.39. The molecular formula is C73H49NO. The van der Waals surface area contributed by atoms with Crippen LogP contribution in [-0.4, -0.2) is 0 Å². The molecule has 1 aromatic heterocycles. The van der Waals surface area contributed by atoms with Gasteiger partial charge in [0, 0.05) is 27.8 Å². The molecule has 1 heterocycles. The fourth-order valence-electron chi connectivity index (χ4n) is 12.0. The second-order valence-corrected chi connectivity index (χ2v) is 19.5. The molecule has 1 aliphatic rings. The Balaban J connectivity index is 0.897. The summed E-state index contributed by atoms with van der Waals surface area (Å²) in [5, 5.41) is 2.26. The van der Waals surface area contributed by atoms with Crippen LogP contribution in [0.1, 0.15) is 22.3 Å². The van der Waals surface area contributed by atoms with Crippen molar-refractivity contribution in [1.82, 2.24) is 0 Å². The number of furan rings is 1. The minimum absolute atomic E-state index is 0.490. The van der Waals surface area contributed by atoms with Crippen LogP contribution in [0.25, 0.3) is 88.7 Å². The van der Waals surface area contributed by atoms with Crippen molar-refractivity contribution in [2.75, 3.05) is 4.90 Å². The van der Waals surface area contributed by atoms with Gasteiger partial charge in [-0.25, -0.2) is 0 Å². The molecule has 2 heteroatoms. The van der Waals surface area contributed by atoms with Crippen molar-refractivity contribution in [1.29, 1.82) is 0 Å². The molecule has 75 heavy (non-hydrogen) atoms. The van der Waals surface area contributed by atoms with E-state index in [1.807, 2.05) is 12.1 Å². The van der Waals surface area contributed by atoms with E-state index in [1.165, 1.54) is 66.8 Å². The Bertz CT molecular complexity index is 4160. The topological polar surface area (TPSA) is 16.4 Å². The summed E-state index contributed by atoms with van der Waals surface area (Å²) in [5.74, 6) is 0. The molecule has 14 rings (SSSR count). The van der Waals surface area contributed by atoms with Gasteiger partial charge in [-0.05, 0) is 150 Å². The number of nitrogens with zero attached hydrogens (tertiary/aromatic N) is 1. The van der Waals surface area contributed by atoms with Crippen LogP contribution in [0.2, 0.25) is 0 Å². The first kappa shape index (κ1) is 44.0. The van der Waals surface area contributed by atoms with Crippen molar-refractivity contribution in [3.8, 4) is 66.8 Å². The van der Waals surface area contributed by atoms with E-state index in [2.05, 4.69) is 290 Å². The molecule has 0 amide bonds.